The number of benzene rings is 2. The van der Waals surface area contributed by atoms with Crippen molar-refractivity contribution < 1.29 is 9.84 Å². The number of ether oxygens (including phenoxy) is 1. The quantitative estimate of drug-likeness (QED) is 0.841. The highest BCUT2D eigenvalue weighted by molar-refractivity contribution is 5.46. The van der Waals surface area contributed by atoms with Gasteiger partial charge in [-0.15, -0.1) is 0 Å². The molecule has 0 saturated carbocycles. The number of hydrogen-bond acceptors (Lipinski definition) is 4. The van der Waals surface area contributed by atoms with Crippen LogP contribution in [-0.2, 0) is 6.42 Å². The molecule has 0 aromatic heterocycles. The van der Waals surface area contributed by atoms with E-state index in [0.29, 0.717) is 13.2 Å². The molecule has 2 aromatic carbocycles. The van der Waals surface area contributed by atoms with Gasteiger partial charge in [-0.1, -0.05) is 37.3 Å². The number of piperazine rings is 1. The Morgan fingerprint density at radius 1 is 1.00 bits per heavy atom. The zero-order valence-corrected chi connectivity index (χ0v) is 15.0. The van der Waals surface area contributed by atoms with Crippen LogP contribution in [-0.4, -0.2) is 55.4 Å². The van der Waals surface area contributed by atoms with E-state index in [4.69, 9.17) is 4.74 Å². The summed E-state index contributed by atoms with van der Waals surface area (Å²) in [6, 6.07) is 18.6. The van der Waals surface area contributed by atoms with Crippen LogP contribution in [0.2, 0.25) is 0 Å². The lowest BCUT2D eigenvalue weighted by Crippen LogP contribution is -2.49. The molecule has 1 fully saturated rings. The number of aliphatic hydroxyl groups is 1. The smallest absolute Gasteiger partial charge is 0.119 e. The normalized spacial score (nSPS) is 16.6. The van der Waals surface area contributed by atoms with Crippen molar-refractivity contribution in [2.45, 2.75) is 19.4 Å². The molecule has 1 N–H and O–H groups in total. The van der Waals surface area contributed by atoms with Crippen LogP contribution in [0, 0.1) is 0 Å². The van der Waals surface area contributed by atoms with Gasteiger partial charge in [0.1, 0.15) is 18.5 Å². The minimum Gasteiger partial charge on any atom is -0.491 e. The molecule has 1 heterocycles. The van der Waals surface area contributed by atoms with Gasteiger partial charge in [-0.25, -0.2) is 0 Å². The van der Waals surface area contributed by atoms with E-state index in [-0.39, 0.29) is 0 Å². The number of aliphatic hydroxyl groups excluding tert-OH is 1. The van der Waals surface area contributed by atoms with Crippen LogP contribution in [0.4, 0.5) is 5.69 Å². The van der Waals surface area contributed by atoms with E-state index in [9.17, 15) is 5.11 Å². The lowest BCUT2D eigenvalue weighted by Gasteiger charge is -2.36. The monoisotopic (exact) mass is 340 g/mol. The zero-order chi connectivity index (χ0) is 17.5. The van der Waals surface area contributed by atoms with Gasteiger partial charge in [0.25, 0.3) is 0 Å². The topological polar surface area (TPSA) is 35.9 Å². The van der Waals surface area contributed by atoms with E-state index >= 15 is 0 Å². The second kappa shape index (κ2) is 8.88. The fourth-order valence-corrected chi connectivity index (χ4v) is 3.23. The number of hydrogen-bond donors (Lipinski definition) is 1. The van der Waals surface area contributed by atoms with Gasteiger partial charge in [-0.05, 0) is 36.2 Å². The molecule has 0 aliphatic carbocycles. The third-order valence-corrected chi connectivity index (χ3v) is 4.71. The molecule has 0 amide bonds. The Kier molecular flexibility index (Phi) is 6.31. The van der Waals surface area contributed by atoms with E-state index in [1.165, 1.54) is 11.3 Å². The van der Waals surface area contributed by atoms with Crippen LogP contribution in [0.15, 0.2) is 54.6 Å². The van der Waals surface area contributed by atoms with Gasteiger partial charge in [0.2, 0.25) is 0 Å². The molecule has 0 radical (unpaired) electrons. The lowest BCUT2D eigenvalue weighted by atomic mass is 10.2. The average molecular weight is 340 g/mol. The Labute approximate surface area is 150 Å². The summed E-state index contributed by atoms with van der Waals surface area (Å²) in [4.78, 5) is 4.71. The first-order valence-electron chi connectivity index (χ1n) is 9.16. The third kappa shape index (κ3) is 5.21. The summed E-state index contributed by atoms with van der Waals surface area (Å²) < 4.78 is 5.76. The molecule has 134 valence electrons. The number of anilines is 1. The van der Waals surface area contributed by atoms with Crippen molar-refractivity contribution in [3.05, 3.63) is 60.2 Å². The van der Waals surface area contributed by atoms with Gasteiger partial charge in [-0.3, -0.25) is 4.90 Å². The molecule has 4 nitrogen and oxygen atoms in total. The first-order chi connectivity index (χ1) is 12.2. The molecular weight excluding hydrogens is 312 g/mol. The number of β-amino-alcohol motifs (C(OH)–C–C–N with tert-alkyl or cyclic N) is 1. The second-order valence-electron chi connectivity index (χ2n) is 6.59. The van der Waals surface area contributed by atoms with Crippen molar-refractivity contribution in [3.8, 4) is 5.75 Å². The predicted octanol–water partition coefficient (Wildman–Crippen LogP) is 2.81. The summed E-state index contributed by atoms with van der Waals surface area (Å²) >= 11 is 0. The summed E-state index contributed by atoms with van der Waals surface area (Å²) in [6.45, 7) is 7.06. The van der Waals surface area contributed by atoms with Crippen molar-refractivity contribution in [2.24, 2.45) is 0 Å². The van der Waals surface area contributed by atoms with Crippen LogP contribution < -0.4 is 9.64 Å². The number of rotatable bonds is 7. The van der Waals surface area contributed by atoms with E-state index in [0.717, 1.165) is 38.3 Å². The molecule has 2 aromatic rings. The molecule has 25 heavy (non-hydrogen) atoms. The minimum atomic E-state index is -0.464. The van der Waals surface area contributed by atoms with Gasteiger partial charge in [0, 0.05) is 38.4 Å². The Balaban J connectivity index is 1.41. The first kappa shape index (κ1) is 17.8. The van der Waals surface area contributed by atoms with E-state index in [1.54, 1.807) is 0 Å². The van der Waals surface area contributed by atoms with E-state index in [1.807, 2.05) is 24.3 Å². The van der Waals surface area contributed by atoms with Crippen molar-refractivity contribution in [2.75, 3.05) is 44.2 Å². The number of nitrogens with zero attached hydrogens (tertiary/aromatic N) is 2. The van der Waals surface area contributed by atoms with E-state index < -0.39 is 6.10 Å². The summed E-state index contributed by atoms with van der Waals surface area (Å²) in [6.07, 6.45) is 0.527. The zero-order valence-electron chi connectivity index (χ0n) is 15.0. The van der Waals surface area contributed by atoms with Crippen LogP contribution in [0.3, 0.4) is 0 Å². The highest BCUT2D eigenvalue weighted by atomic mass is 16.5. The summed E-state index contributed by atoms with van der Waals surface area (Å²) in [7, 11) is 0. The maximum absolute atomic E-state index is 10.3. The van der Waals surface area contributed by atoms with Gasteiger partial charge in [0.15, 0.2) is 0 Å². The molecule has 1 aliphatic heterocycles. The molecule has 0 unspecified atom stereocenters. The van der Waals surface area contributed by atoms with Crippen LogP contribution >= 0.6 is 0 Å². The largest absolute Gasteiger partial charge is 0.491 e. The Hall–Kier alpha value is -2.04. The molecule has 1 aliphatic rings. The van der Waals surface area contributed by atoms with E-state index in [2.05, 4.69) is 47.1 Å². The molecule has 4 heteroatoms. The van der Waals surface area contributed by atoms with Crippen LogP contribution in [0.25, 0.3) is 0 Å². The van der Waals surface area contributed by atoms with Crippen molar-refractivity contribution in [1.82, 2.24) is 4.90 Å². The third-order valence-electron chi connectivity index (χ3n) is 4.71. The summed E-state index contributed by atoms with van der Waals surface area (Å²) in [5, 5.41) is 10.3. The molecule has 1 atom stereocenters. The van der Waals surface area contributed by atoms with Crippen LogP contribution in [0.1, 0.15) is 12.5 Å². The average Bonchev–Trinajstić information content (AvgIpc) is 2.68. The van der Waals surface area contributed by atoms with Crippen LogP contribution in [0.5, 0.6) is 5.75 Å². The lowest BCUT2D eigenvalue weighted by molar-refractivity contribution is 0.0663. The molecular formula is C21H28N2O2. The fraction of sp³-hybridized carbons (Fsp3) is 0.429. The van der Waals surface area contributed by atoms with Crippen molar-refractivity contribution in [1.29, 1.82) is 0 Å². The fourth-order valence-electron chi connectivity index (χ4n) is 3.23. The maximum Gasteiger partial charge on any atom is 0.119 e. The van der Waals surface area contributed by atoms with Crippen molar-refractivity contribution >= 4 is 5.69 Å². The highest BCUT2D eigenvalue weighted by Crippen LogP contribution is 2.16. The van der Waals surface area contributed by atoms with Gasteiger partial charge in [0.05, 0.1) is 0 Å². The number of aryl methyl sites for hydroxylation is 1. The first-order valence-corrected chi connectivity index (χ1v) is 9.16. The van der Waals surface area contributed by atoms with Gasteiger partial charge in [-0.2, -0.15) is 0 Å². The standard InChI is InChI=1S/C21H28N2O2/c1-2-18-7-6-10-21(15-18)25-17-20(24)16-22-11-13-23(14-12-22)19-8-4-3-5-9-19/h3-10,15,20,24H,2,11-14,16-17H2,1H3/t20-/m0/s1. The second-order valence-corrected chi connectivity index (χ2v) is 6.59. The Bertz CT molecular complexity index is 639. The minimum absolute atomic E-state index is 0.339. The Morgan fingerprint density at radius 3 is 2.48 bits per heavy atom. The predicted molar refractivity (Wildman–Crippen MR) is 102 cm³/mol. The summed E-state index contributed by atoms with van der Waals surface area (Å²) in [5.41, 5.74) is 2.53. The highest BCUT2D eigenvalue weighted by Gasteiger charge is 2.19. The van der Waals surface area contributed by atoms with Crippen molar-refractivity contribution in [3.63, 3.8) is 0 Å². The molecule has 0 bridgehead atoms. The molecule has 0 spiro atoms. The summed E-state index contributed by atoms with van der Waals surface area (Å²) in [5.74, 6) is 0.840. The van der Waals surface area contributed by atoms with Gasteiger partial charge >= 0.3 is 0 Å². The maximum atomic E-state index is 10.3. The van der Waals surface area contributed by atoms with Gasteiger partial charge < -0.3 is 14.7 Å². The Morgan fingerprint density at radius 2 is 1.76 bits per heavy atom. The SMILES string of the molecule is CCc1cccc(OC[C@@H](O)CN2CCN(c3ccccc3)CC2)c1. The molecule has 1 saturated heterocycles. The molecule has 3 rings (SSSR count). The number of para-hydroxylation sites is 1.